The second kappa shape index (κ2) is 18.2. The summed E-state index contributed by atoms with van der Waals surface area (Å²) >= 11 is 0. The molecule has 0 aromatic rings. The van der Waals surface area contributed by atoms with Crippen LogP contribution in [0.15, 0.2) is 0 Å². The Kier molecular flexibility index (Phi) is 13.7. The molecule has 0 radical (unpaired) electrons. The first-order valence-corrected chi connectivity index (χ1v) is 23.8. The average Bonchev–Trinajstić information content (AvgIpc) is 3.68. The number of rotatable bonds is 9. The first-order chi connectivity index (χ1) is 30.4. The Morgan fingerprint density at radius 2 is 1.33 bits per heavy atom. The summed E-state index contributed by atoms with van der Waals surface area (Å²) in [4.78, 5) is 0. The van der Waals surface area contributed by atoms with Gasteiger partial charge in [-0.2, -0.15) is 0 Å². The monoisotopic (exact) mass is 918 g/mol. The molecule has 0 unspecified atom stereocenters. The third-order valence-electron chi connectivity index (χ3n) is 18.2. The van der Waals surface area contributed by atoms with Gasteiger partial charge in [-0.25, -0.2) is 0 Å². The lowest BCUT2D eigenvalue weighted by Gasteiger charge is -2.62. The fourth-order valence-corrected chi connectivity index (χ4v) is 14.7. The van der Waals surface area contributed by atoms with Crippen LogP contribution in [0.3, 0.4) is 0 Å². The number of fused-ring (bicyclic) bond motifs is 7. The van der Waals surface area contributed by atoms with E-state index >= 15 is 0 Å². The van der Waals surface area contributed by atoms with Crippen molar-refractivity contribution >= 4 is 0 Å². The maximum absolute atomic E-state index is 12.2. The fraction of sp³-hybridized carbons (Fsp3) is 1.00. The van der Waals surface area contributed by atoms with Crippen LogP contribution in [0.4, 0.5) is 0 Å². The number of hydrogen-bond acceptors (Lipinski definition) is 19. The van der Waals surface area contributed by atoms with Crippen LogP contribution in [0.1, 0.15) is 79.1 Å². The van der Waals surface area contributed by atoms with E-state index in [9.17, 15) is 51.1 Å². The van der Waals surface area contributed by atoms with Crippen LogP contribution in [-0.2, 0) is 42.6 Å². The van der Waals surface area contributed by atoms with Gasteiger partial charge in [-0.3, -0.25) is 0 Å². The molecule has 9 fully saturated rings. The van der Waals surface area contributed by atoms with Crippen LogP contribution < -0.4 is 0 Å². The Morgan fingerprint density at radius 1 is 0.625 bits per heavy atom. The highest BCUT2D eigenvalue weighted by Gasteiger charge is 2.72. The molecule has 5 aliphatic heterocycles. The normalized spacial score (nSPS) is 58.6. The molecule has 368 valence electrons. The minimum absolute atomic E-state index is 0.0734. The summed E-state index contributed by atoms with van der Waals surface area (Å²) in [6.45, 7) is 7.99. The molecule has 5 heterocycles. The number of aliphatic hydroxyl groups excluding tert-OH is 10. The van der Waals surface area contributed by atoms with E-state index in [0.717, 1.165) is 38.5 Å². The minimum Gasteiger partial charge on any atom is -0.394 e. The molecule has 9 rings (SSSR count). The molecule has 0 aromatic heterocycles. The van der Waals surface area contributed by atoms with Gasteiger partial charge in [0.1, 0.15) is 67.1 Å². The highest BCUT2D eigenvalue weighted by Crippen LogP contribution is 2.71. The lowest BCUT2D eigenvalue weighted by Crippen LogP contribution is -2.67. The van der Waals surface area contributed by atoms with Crippen LogP contribution >= 0.6 is 0 Å². The summed E-state index contributed by atoms with van der Waals surface area (Å²) < 4.78 is 54.4. The molecule has 19 nitrogen and oxygen atoms in total. The van der Waals surface area contributed by atoms with Gasteiger partial charge >= 0.3 is 0 Å². The highest BCUT2D eigenvalue weighted by atomic mass is 16.8. The molecule has 10 N–H and O–H groups in total. The van der Waals surface area contributed by atoms with Crippen LogP contribution in [0, 0.1) is 52.3 Å². The Morgan fingerprint density at radius 3 is 2.02 bits per heavy atom. The van der Waals surface area contributed by atoms with Crippen LogP contribution in [-0.4, -0.2) is 201 Å². The Bertz CT molecular complexity index is 1600. The summed E-state index contributed by atoms with van der Waals surface area (Å²) in [5.41, 5.74) is -0.339. The maximum Gasteiger partial charge on any atom is 0.187 e. The Balaban J connectivity index is 0.847. The van der Waals surface area contributed by atoms with Crippen molar-refractivity contribution < 1.29 is 93.7 Å². The van der Waals surface area contributed by atoms with E-state index in [1.165, 1.54) is 7.11 Å². The van der Waals surface area contributed by atoms with Gasteiger partial charge in [-0.15, -0.1) is 0 Å². The highest BCUT2D eigenvalue weighted by molar-refractivity contribution is 5.19. The SMILES string of the molecule is CO[C@H]1[C@H](O[C@@H]2[C@H](O)[C@@H](O)[C@H](O[C@@H]3C[C@@H]4CC[C@H]5[C@@H]6[C@H](O)[C@@H]7O[C@]8(CC[C@@H](C)CO8)[C@@H](C)[C@@H]7[C@@]6(C)CC[C@@H]5[C@@]4(C)C[C@H]3O)O[C@@H]2CO)O[C@H](CO)[C@@H](O)[C@@H]1O[C@@H]1OC[C@@H](O)[C@H](O)[C@H]1O. The van der Waals surface area contributed by atoms with Gasteiger partial charge in [0.25, 0.3) is 0 Å². The molecule has 0 aromatic carbocycles. The Hall–Kier alpha value is -0.760. The Labute approximate surface area is 374 Å². The zero-order valence-electron chi connectivity index (χ0n) is 37.6. The lowest BCUT2D eigenvalue weighted by atomic mass is 9.44. The van der Waals surface area contributed by atoms with Crippen LogP contribution in [0.2, 0.25) is 0 Å². The van der Waals surface area contributed by atoms with Crippen LogP contribution in [0.25, 0.3) is 0 Å². The largest absolute Gasteiger partial charge is 0.394 e. The van der Waals surface area contributed by atoms with E-state index in [4.69, 9.17) is 42.6 Å². The second-order valence-electron chi connectivity index (χ2n) is 21.5. The lowest BCUT2D eigenvalue weighted by molar-refractivity contribution is -0.381. The van der Waals surface area contributed by atoms with Gasteiger partial charge in [0.05, 0.1) is 50.8 Å². The number of methoxy groups -OCH3 is 1. The third kappa shape index (κ3) is 7.76. The van der Waals surface area contributed by atoms with E-state index in [-0.39, 0.29) is 59.0 Å². The van der Waals surface area contributed by atoms with Crippen molar-refractivity contribution in [2.45, 2.75) is 195 Å². The van der Waals surface area contributed by atoms with Crippen LogP contribution in [0.5, 0.6) is 0 Å². The number of aliphatic hydroxyl groups is 10. The molecule has 9 aliphatic rings. The summed E-state index contributed by atoms with van der Waals surface area (Å²) in [6, 6.07) is 0. The van der Waals surface area contributed by atoms with Crippen molar-refractivity contribution in [2.75, 3.05) is 33.5 Å². The van der Waals surface area contributed by atoms with E-state index in [2.05, 4.69) is 27.7 Å². The molecule has 0 bridgehead atoms. The van der Waals surface area contributed by atoms with Gasteiger partial charge in [-0.05, 0) is 85.4 Å². The van der Waals surface area contributed by atoms with Crippen molar-refractivity contribution in [3.63, 3.8) is 0 Å². The van der Waals surface area contributed by atoms with Gasteiger partial charge in [0.2, 0.25) is 0 Å². The number of hydrogen-bond donors (Lipinski definition) is 10. The van der Waals surface area contributed by atoms with E-state index < -0.39 is 123 Å². The van der Waals surface area contributed by atoms with Crippen molar-refractivity contribution in [1.82, 2.24) is 0 Å². The summed E-state index contributed by atoms with van der Waals surface area (Å²) in [7, 11) is 1.25. The third-order valence-corrected chi connectivity index (χ3v) is 18.2. The molecule has 64 heavy (non-hydrogen) atoms. The van der Waals surface area contributed by atoms with Crippen molar-refractivity contribution in [3.8, 4) is 0 Å². The van der Waals surface area contributed by atoms with Crippen molar-refractivity contribution in [1.29, 1.82) is 0 Å². The maximum atomic E-state index is 12.2. The zero-order valence-corrected chi connectivity index (χ0v) is 37.6. The molecular weight excluding hydrogens is 844 g/mol. The minimum atomic E-state index is -1.74. The summed E-state index contributed by atoms with van der Waals surface area (Å²) in [5.74, 6) is 1.02. The number of ether oxygens (including phenoxy) is 9. The first kappa shape index (κ1) is 48.3. The molecule has 5 saturated heterocycles. The smallest absolute Gasteiger partial charge is 0.187 e. The predicted octanol–water partition coefficient (Wildman–Crippen LogP) is -1.50. The fourth-order valence-electron chi connectivity index (χ4n) is 14.7. The van der Waals surface area contributed by atoms with Crippen molar-refractivity contribution in [3.05, 3.63) is 0 Å². The van der Waals surface area contributed by atoms with Gasteiger partial charge in [0.15, 0.2) is 24.7 Å². The van der Waals surface area contributed by atoms with Gasteiger partial charge in [-0.1, -0.05) is 27.7 Å². The topological polar surface area (TPSA) is 285 Å². The van der Waals surface area contributed by atoms with E-state index in [0.29, 0.717) is 25.4 Å². The zero-order chi connectivity index (χ0) is 45.8. The molecular formula is C45H74O19. The van der Waals surface area contributed by atoms with Gasteiger partial charge < -0.3 is 93.7 Å². The average molecular weight is 919 g/mol. The van der Waals surface area contributed by atoms with Gasteiger partial charge in [0, 0.05) is 25.4 Å². The molecule has 4 saturated carbocycles. The first-order valence-electron chi connectivity index (χ1n) is 23.8. The molecule has 4 aliphatic carbocycles. The molecule has 28 atom stereocenters. The standard InChI is InChI=1S/C45H74O19/c1-18-8-11-45(58-16-18)19(2)28-37(64-45)32(52)29-21-7-6-20-12-25(23(48)13-44(20,4)22(21)9-10-43(28,29)3)59-41-35(55)33(53)36(27(15-47)61-41)62-42-39(56-5)38(31(51)26(14-46)60-42)63-40-34(54)30(50)24(49)17-57-40/h18-42,46-55H,6-17H2,1-5H3/t18-,19+,20+,21-,22+,23-,24-,25-,26-,27-,28+,29-,30+,31-,32+,33-,34-,35-,36+,37-,38+,39-,40+,41-,42+,43-,44+,45-/m1/s1. The molecule has 1 spiro atoms. The molecule has 19 heteroatoms. The second-order valence-corrected chi connectivity index (χ2v) is 21.5. The van der Waals surface area contributed by atoms with E-state index in [1.54, 1.807) is 0 Å². The summed E-state index contributed by atoms with van der Waals surface area (Å²) in [6.07, 6.45) is -17.1. The van der Waals surface area contributed by atoms with Crippen molar-refractivity contribution in [2.24, 2.45) is 52.3 Å². The molecule has 0 amide bonds. The quantitative estimate of drug-likeness (QED) is 0.118. The van der Waals surface area contributed by atoms with E-state index in [1.807, 2.05) is 0 Å². The summed E-state index contributed by atoms with van der Waals surface area (Å²) in [5, 5.41) is 109. The predicted molar refractivity (Wildman–Crippen MR) is 217 cm³/mol.